The van der Waals surface area contributed by atoms with Crippen molar-refractivity contribution >= 4 is 5.57 Å². The van der Waals surface area contributed by atoms with Gasteiger partial charge in [-0.05, 0) is 73.0 Å². The fourth-order valence-electron chi connectivity index (χ4n) is 5.20. The van der Waals surface area contributed by atoms with Crippen LogP contribution in [0.3, 0.4) is 0 Å². The van der Waals surface area contributed by atoms with E-state index in [4.69, 9.17) is 4.98 Å². The molecule has 0 aromatic carbocycles. The Hall–Kier alpha value is -2.25. The summed E-state index contributed by atoms with van der Waals surface area (Å²) in [6.45, 7) is 17.8. The van der Waals surface area contributed by atoms with E-state index in [1.165, 1.54) is 6.42 Å². The van der Waals surface area contributed by atoms with Gasteiger partial charge in [0, 0.05) is 22.5 Å². The van der Waals surface area contributed by atoms with Crippen LogP contribution in [0.25, 0.3) is 5.57 Å². The van der Waals surface area contributed by atoms with Gasteiger partial charge in [0.15, 0.2) is 0 Å². The monoisotopic (exact) mass is 565 g/mol. The fourth-order valence-corrected chi connectivity index (χ4v) is 5.20. The second kappa shape index (κ2) is 14.1. The van der Waals surface area contributed by atoms with Crippen molar-refractivity contribution in [2.24, 2.45) is 11.3 Å². The summed E-state index contributed by atoms with van der Waals surface area (Å²) in [5.41, 5.74) is 3.05. The number of hydrogen-bond acceptors (Lipinski definition) is 3. The summed E-state index contributed by atoms with van der Waals surface area (Å²) < 4.78 is 53.5. The Morgan fingerprint density at radius 2 is 1.85 bits per heavy atom. The molecule has 1 heterocycles. The summed E-state index contributed by atoms with van der Waals surface area (Å²) in [4.78, 5) is 4.90. The lowest BCUT2D eigenvalue weighted by molar-refractivity contribution is -0.0897. The van der Waals surface area contributed by atoms with Crippen LogP contribution in [0, 0.1) is 11.3 Å². The SMILES string of the molecule is C=C/C(F)=C(\C=C/CC(O)c1c(C(C)C)nc2c(c1C1=CCCC1)C(O)CC(C)(C)C2)C(F)(F)F.CCC(C)C. The van der Waals surface area contributed by atoms with Crippen molar-refractivity contribution < 1.29 is 27.8 Å². The average molecular weight is 566 g/mol. The highest BCUT2D eigenvalue weighted by Gasteiger charge is 2.38. The molecule has 7 heteroatoms. The molecule has 0 saturated heterocycles. The average Bonchev–Trinajstić information content (AvgIpc) is 3.38. The zero-order valence-corrected chi connectivity index (χ0v) is 25.1. The van der Waals surface area contributed by atoms with E-state index in [-0.39, 0.29) is 17.8 Å². The molecule has 0 bridgehead atoms. The first kappa shape index (κ1) is 34.0. The third kappa shape index (κ3) is 8.62. The summed E-state index contributed by atoms with van der Waals surface area (Å²) >= 11 is 0. The molecule has 2 unspecified atom stereocenters. The van der Waals surface area contributed by atoms with Crippen molar-refractivity contribution in [3.05, 3.63) is 70.4 Å². The minimum Gasteiger partial charge on any atom is -0.388 e. The van der Waals surface area contributed by atoms with Gasteiger partial charge < -0.3 is 10.2 Å². The Balaban J connectivity index is 0.00000103. The molecule has 0 radical (unpaired) electrons. The molecule has 1 aromatic rings. The number of fused-ring (bicyclic) bond motifs is 1. The number of aromatic nitrogens is 1. The summed E-state index contributed by atoms with van der Waals surface area (Å²) in [6, 6.07) is 0. The number of aliphatic hydroxyl groups is 2. The first-order valence-electron chi connectivity index (χ1n) is 14.4. The normalized spacial score (nSPS) is 20.2. The number of allylic oxidation sites excluding steroid dienone is 6. The molecule has 0 spiro atoms. The van der Waals surface area contributed by atoms with Gasteiger partial charge in [-0.3, -0.25) is 4.98 Å². The lowest BCUT2D eigenvalue weighted by Crippen LogP contribution is -2.29. The zero-order chi connectivity index (χ0) is 30.4. The van der Waals surface area contributed by atoms with Crippen LogP contribution >= 0.6 is 0 Å². The predicted molar refractivity (Wildman–Crippen MR) is 155 cm³/mol. The maximum absolute atomic E-state index is 13.8. The summed E-state index contributed by atoms with van der Waals surface area (Å²) in [5.74, 6) is -0.639. The van der Waals surface area contributed by atoms with Crippen LogP contribution in [0.5, 0.6) is 0 Å². The lowest BCUT2D eigenvalue weighted by atomic mass is 9.71. The molecule has 40 heavy (non-hydrogen) atoms. The molecular formula is C33H47F4NO2. The molecule has 1 aromatic heterocycles. The molecule has 3 nitrogen and oxygen atoms in total. The summed E-state index contributed by atoms with van der Waals surface area (Å²) in [5, 5.41) is 22.4. The molecular weight excluding hydrogens is 518 g/mol. The van der Waals surface area contributed by atoms with Crippen molar-refractivity contribution in [2.45, 2.75) is 118 Å². The number of nitrogens with zero attached hydrogens (tertiary/aromatic N) is 1. The third-order valence-electron chi connectivity index (χ3n) is 7.55. The topological polar surface area (TPSA) is 53.4 Å². The van der Waals surface area contributed by atoms with Crippen LogP contribution in [-0.4, -0.2) is 21.4 Å². The molecule has 0 amide bonds. The van der Waals surface area contributed by atoms with Crippen molar-refractivity contribution in [1.82, 2.24) is 4.98 Å². The molecule has 2 atom stereocenters. The maximum atomic E-state index is 13.8. The van der Waals surface area contributed by atoms with E-state index < -0.39 is 29.8 Å². The Labute approximate surface area is 237 Å². The highest BCUT2D eigenvalue weighted by Crippen LogP contribution is 2.48. The van der Waals surface area contributed by atoms with Crippen LogP contribution in [-0.2, 0) is 6.42 Å². The molecule has 0 aliphatic heterocycles. The molecule has 0 fully saturated rings. The van der Waals surface area contributed by atoms with Gasteiger partial charge >= 0.3 is 6.18 Å². The highest BCUT2D eigenvalue weighted by molar-refractivity contribution is 5.75. The van der Waals surface area contributed by atoms with Crippen LogP contribution < -0.4 is 0 Å². The molecule has 0 saturated carbocycles. The highest BCUT2D eigenvalue weighted by atomic mass is 19.4. The quantitative estimate of drug-likeness (QED) is 0.244. The first-order chi connectivity index (χ1) is 18.5. The second-order valence-electron chi connectivity index (χ2n) is 12.4. The molecule has 224 valence electrons. The van der Waals surface area contributed by atoms with E-state index in [0.717, 1.165) is 53.7 Å². The van der Waals surface area contributed by atoms with Gasteiger partial charge in [-0.1, -0.05) is 79.7 Å². The van der Waals surface area contributed by atoms with E-state index in [1.54, 1.807) is 0 Å². The van der Waals surface area contributed by atoms with E-state index >= 15 is 0 Å². The number of aliphatic hydroxyl groups excluding tert-OH is 2. The van der Waals surface area contributed by atoms with Gasteiger partial charge in [0.2, 0.25) is 0 Å². The minimum atomic E-state index is -4.88. The van der Waals surface area contributed by atoms with Gasteiger partial charge in [0.1, 0.15) is 5.83 Å². The van der Waals surface area contributed by atoms with Crippen molar-refractivity contribution in [1.29, 1.82) is 0 Å². The largest absolute Gasteiger partial charge is 0.419 e. The van der Waals surface area contributed by atoms with E-state index in [9.17, 15) is 27.8 Å². The summed E-state index contributed by atoms with van der Waals surface area (Å²) in [6.07, 6.45) is 2.65. The van der Waals surface area contributed by atoms with E-state index in [1.807, 2.05) is 13.8 Å². The van der Waals surface area contributed by atoms with Gasteiger partial charge in [-0.2, -0.15) is 13.2 Å². The Morgan fingerprint density at radius 3 is 2.33 bits per heavy atom. The fraction of sp³-hybridized carbons (Fsp3) is 0.606. The second-order valence-corrected chi connectivity index (χ2v) is 12.4. The van der Waals surface area contributed by atoms with Crippen LogP contribution in [0.15, 0.2) is 42.3 Å². The van der Waals surface area contributed by atoms with Gasteiger partial charge in [0.25, 0.3) is 0 Å². The van der Waals surface area contributed by atoms with Gasteiger partial charge in [-0.15, -0.1) is 0 Å². The van der Waals surface area contributed by atoms with Crippen molar-refractivity contribution in [2.75, 3.05) is 0 Å². The standard InChI is InChI=1S/C28H35F4NO2.C5H12/c1-6-19(29)18(28(30,31)32)12-9-13-21(34)25-23(17-10-7-8-11-17)24-20(33-26(25)16(2)3)14-27(4,5)15-22(24)35;1-4-5(2)3/h6,9-10,12,16,21-22,34-35H,1,7-8,11,13-15H2,2-5H3;5H,4H2,1-3H3/b12-9-,19-18-;. The molecule has 2 aliphatic carbocycles. The van der Waals surface area contributed by atoms with E-state index in [2.05, 4.69) is 47.3 Å². The van der Waals surface area contributed by atoms with Crippen molar-refractivity contribution in [3.8, 4) is 0 Å². The van der Waals surface area contributed by atoms with Gasteiger partial charge in [-0.25, -0.2) is 4.39 Å². The van der Waals surface area contributed by atoms with Crippen molar-refractivity contribution in [3.63, 3.8) is 0 Å². The third-order valence-corrected chi connectivity index (χ3v) is 7.55. The van der Waals surface area contributed by atoms with Crippen LogP contribution in [0.2, 0.25) is 0 Å². The predicted octanol–water partition coefficient (Wildman–Crippen LogP) is 9.78. The van der Waals surface area contributed by atoms with Crippen LogP contribution in [0.1, 0.15) is 133 Å². The smallest absolute Gasteiger partial charge is 0.388 e. The number of hydrogen-bond donors (Lipinski definition) is 2. The summed E-state index contributed by atoms with van der Waals surface area (Å²) in [7, 11) is 0. The zero-order valence-electron chi connectivity index (χ0n) is 25.1. The number of rotatable bonds is 8. The Bertz CT molecular complexity index is 1130. The molecule has 2 aliphatic rings. The number of pyridine rings is 1. The van der Waals surface area contributed by atoms with Crippen LogP contribution in [0.4, 0.5) is 17.6 Å². The van der Waals surface area contributed by atoms with E-state index in [0.29, 0.717) is 36.3 Å². The molecule has 3 rings (SSSR count). The molecule has 2 N–H and O–H groups in total. The first-order valence-corrected chi connectivity index (χ1v) is 14.4. The maximum Gasteiger partial charge on any atom is 0.419 e. The Morgan fingerprint density at radius 1 is 1.23 bits per heavy atom. The minimum absolute atomic E-state index is 0.0549. The number of halogens is 4. The Kier molecular flexibility index (Phi) is 12.0. The lowest BCUT2D eigenvalue weighted by Gasteiger charge is -2.37. The van der Waals surface area contributed by atoms with Gasteiger partial charge in [0.05, 0.1) is 17.8 Å². The number of alkyl halides is 3.